The van der Waals surface area contributed by atoms with E-state index in [1.54, 1.807) is 18.5 Å². The SMILES string of the molecule is CCc1cccc(C(N)c2ncccn2)c1. The zero-order valence-corrected chi connectivity index (χ0v) is 9.30. The van der Waals surface area contributed by atoms with Crippen LogP contribution >= 0.6 is 0 Å². The molecule has 0 saturated heterocycles. The van der Waals surface area contributed by atoms with Gasteiger partial charge in [-0.2, -0.15) is 0 Å². The third kappa shape index (κ3) is 2.25. The van der Waals surface area contributed by atoms with Crippen molar-refractivity contribution in [3.63, 3.8) is 0 Å². The summed E-state index contributed by atoms with van der Waals surface area (Å²) in [6.07, 6.45) is 4.44. The van der Waals surface area contributed by atoms with Crippen LogP contribution in [-0.4, -0.2) is 9.97 Å². The highest BCUT2D eigenvalue weighted by molar-refractivity contribution is 5.29. The van der Waals surface area contributed by atoms with Crippen LogP contribution in [0.2, 0.25) is 0 Å². The average molecular weight is 213 g/mol. The number of hydrogen-bond acceptors (Lipinski definition) is 3. The zero-order valence-electron chi connectivity index (χ0n) is 9.30. The highest BCUT2D eigenvalue weighted by Gasteiger charge is 2.10. The van der Waals surface area contributed by atoms with Gasteiger partial charge in [0, 0.05) is 12.4 Å². The molecule has 2 rings (SSSR count). The van der Waals surface area contributed by atoms with Gasteiger partial charge in [-0.15, -0.1) is 0 Å². The van der Waals surface area contributed by atoms with Gasteiger partial charge in [-0.3, -0.25) is 0 Å². The van der Waals surface area contributed by atoms with Crippen molar-refractivity contribution in [1.82, 2.24) is 9.97 Å². The maximum atomic E-state index is 6.11. The third-order valence-electron chi connectivity index (χ3n) is 2.58. The molecule has 3 nitrogen and oxygen atoms in total. The Hall–Kier alpha value is -1.74. The maximum Gasteiger partial charge on any atom is 0.149 e. The summed E-state index contributed by atoms with van der Waals surface area (Å²) < 4.78 is 0. The maximum absolute atomic E-state index is 6.11. The molecule has 1 aromatic heterocycles. The van der Waals surface area contributed by atoms with Crippen LogP contribution in [0.1, 0.15) is 29.9 Å². The summed E-state index contributed by atoms with van der Waals surface area (Å²) in [6, 6.07) is 9.80. The van der Waals surface area contributed by atoms with Gasteiger partial charge in [0.2, 0.25) is 0 Å². The van der Waals surface area contributed by atoms with Crippen molar-refractivity contribution in [3.05, 3.63) is 59.7 Å². The Morgan fingerprint density at radius 2 is 1.94 bits per heavy atom. The minimum atomic E-state index is -0.243. The summed E-state index contributed by atoms with van der Waals surface area (Å²) in [6.45, 7) is 2.13. The van der Waals surface area contributed by atoms with Gasteiger partial charge in [-0.1, -0.05) is 31.2 Å². The molecule has 0 radical (unpaired) electrons. The highest BCUT2D eigenvalue weighted by Crippen LogP contribution is 2.17. The van der Waals surface area contributed by atoms with Crippen LogP contribution in [0.3, 0.4) is 0 Å². The largest absolute Gasteiger partial charge is 0.318 e. The van der Waals surface area contributed by atoms with E-state index in [2.05, 4.69) is 29.0 Å². The van der Waals surface area contributed by atoms with Crippen LogP contribution in [0.15, 0.2) is 42.7 Å². The average Bonchev–Trinajstić information content (AvgIpc) is 2.39. The van der Waals surface area contributed by atoms with Gasteiger partial charge < -0.3 is 5.73 Å². The normalized spacial score (nSPS) is 12.4. The quantitative estimate of drug-likeness (QED) is 0.849. The van der Waals surface area contributed by atoms with Gasteiger partial charge in [0.15, 0.2) is 0 Å². The standard InChI is InChI=1S/C13H15N3/c1-2-10-5-3-6-11(9-10)12(14)13-15-7-4-8-16-13/h3-9,12H,2,14H2,1H3. The van der Waals surface area contributed by atoms with Crippen LogP contribution in [-0.2, 0) is 6.42 Å². The van der Waals surface area contributed by atoms with Crippen LogP contribution in [0.25, 0.3) is 0 Å². The predicted octanol–water partition coefficient (Wildman–Crippen LogP) is 2.09. The van der Waals surface area contributed by atoms with E-state index in [1.165, 1.54) is 5.56 Å². The van der Waals surface area contributed by atoms with Crippen LogP contribution < -0.4 is 5.73 Å². The van der Waals surface area contributed by atoms with Crippen molar-refractivity contribution in [2.24, 2.45) is 5.73 Å². The number of nitrogens with zero attached hydrogens (tertiary/aromatic N) is 2. The fourth-order valence-electron chi connectivity index (χ4n) is 1.63. The van der Waals surface area contributed by atoms with Gasteiger partial charge >= 0.3 is 0 Å². The molecule has 2 aromatic rings. The van der Waals surface area contributed by atoms with E-state index < -0.39 is 0 Å². The van der Waals surface area contributed by atoms with Crippen molar-refractivity contribution in [2.45, 2.75) is 19.4 Å². The van der Waals surface area contributed by atoms with E-state index in [-0.39, 0.29) is 6.04 Å². The van der Waals surface area contributed by atoms with Crippen molar-refractivity contribution >= 4 is 0 Å². The Morgan fingerprint density at radius 1 is 1.19 bits per heavy atom. The highest BCUT2D eigenvalue weighted by atomic mass is 14.9. The lowest BCUT2D eigenvalue weighted by atomic mass is 10.0. The smallest absolute Gasteiger partial charge is 0.149 e. The summed E-state index contributed by atoms with van der Waals surface area (Å²) in [5.41, 5.74) is 8.46. The first-order valence-electron chi connectivity index (χ1n) is 5.42. The van der Waals surface area contributed by atoms with E-state index in [0.717, 1.165) is 12.0 Å². The van der Waals surface area contributed by atoms with E-state index in [9.17, 15) is 0 Å². The van der Waals surface area contributed by atoms with Gasteiger partial charge in [0.1, 0.15) is 5.82 Å². The number of nitrogens with two attached hydrogens (primary N) is 1. The molecule has 16 heavy (non-hydrogen) atoms. The Kier molecular flexibility index (Phi) is 3.27. The molecule has 2 N–H and O–H groups in total. The minimum absolute atomic E-state index is 0.243. The van der Waals surface area contributed by atoms with Crippen molar-refractivity contribution in [3.8, 4) is 0 Å². The Labute approximate surface area is 95.4 Å². The molecule has 0 aliphatic carbocycles. The van der Waals surface area contributed by atoms with Crippen LogP contribution in [0.5, 0.6) is 0 Å². The topological polar surface area (TPSA) is 51.8 Å². The lowest BCUT2D eigenvalue weighted by Crippen LogP contribution is -2.15. The number of hydrogen-bond donors (Lipinski definition) is 1. The lowest BCUT2D eigenvalue weighted by Gasteiger charge is -2.11. The second kappa shape index (κ2) is 4.86. The summed E-state index contributed by atoms with van der Waals surface area (Å²) in [4.78, 5) is 8.35. The Morgan fingerprint density at radius 3 is 2.62 bits per heavy atom. The monoisotopic (exact) mass is 213 g/mol. The number of rotatable bonds is 3. The first-order chi connectivity index (χ1) is 7.81. The second-order valence-electron chi connectivity index (χ2n) is 3.68. The summed E-state index contributed by atoms with van der Waals surface area (Å²) in [5, 5.41) is 0. The zero-order chi connectivity index (χ0) is 11.4. The second-order valence-corrected chi connectivity index (χ2v) is 3.68. The van der Waals surface area contributed by atoms with E-state index in [4.69, 9.17) is 5.73 Å². The molecule has 0 amide bonds. The number of benzene rings is 1. The molecule has 1 heterocycles. The first-order valence-corrected chi connectivity index (χ1v) is 5.42. The molecular weight excluding hydrogens is 198 g/mol. The summed E-state index contributed by atoms with van der Waals surface area (Å²) in [7, 11) is 0. The summed E-state index contributed by atoms with van der Waals surface area (Å²) >= 11 is 0. The predicted molar refractivity (Wildman–Crippen MR) is 63.9 cm³/mol. The number of aromatic nitrogens is 2. The third-order valence-corrected chi connectivity index (χ3v) is 2.58. The lowest BCUT2D eigenvalue weighted by molar-refractivity contribution is 0.779. The molecule has 0 spiro atoms. The Bertz CT molecular complexity index is 454. The molecule has 0 fully saturated rings. The van der Waals surface area contributed by atoms with Gasteiger partial charge in [0.05, 0.1) is 6.04 Å². The molecule has 1 atom stereocenters. The van der Waals surface area contributed by atoms with Crippen LogP contribution in [0, 0.1) is 0 Å². The van der Waals surface area contributed by atoms with Crippen LogP contribution in [0.4, 0.5) is 0 Å². The van der Waals surface area contributed by atoms with Crippen molar-refractivity contribution in [2.75, 3.05) is 0 Å². The van der Waals surface area contributed by atoms with E-state index >= 15 is 0 Å². The molecule has 82 valence electrons. The number of aryl methyl sites for hydroxylation is 1. The molecular formula is C13H15N3. The molecule has 0 bridgehead atoms. The molecule has 3 heteroatoms. The van der Waals surface area contributed by atoms with Gasteiger partial charge in [0.25, 0.3) is 0 Å². The van der Waals surface area contributed by atoms with E-state index in [1.807, 2.05) is 12.1 Å². The molecule has 0 saturated carbocycles. The molecule has 1 unspecified atom stereocenters. The Balaban J connectivity index is 2.30. The fourth-order valence-corrected chi connectivity index (χ4v) is 1.63. The first kappa shape index (κ1) is 10.8. The van der Waals surface area contributed by atoms with Gasteiger partial charge in [-0.05, 0) is 23.6 Å². The molecule has 0 aliphatic heterocycles. The fraction of sp³-hybridized carbons (Fsp3) is 0.231. The van der Waals surface area contributed by atoms with E-state index in [0.29, 0.717) is 5.82 Å². The molecule has 0 aliphatic rings. The summed E-state index contributed by atoms with van der Waals surface area (Å²) in [5.74, 6) is 0.663. The molecule has 1 aromatic carbocycles. The van der Waals surface area contributed by atoms with Crippen molar-refractivity contribution < 1.29 is 0 Å². The minimum Gasteiger partial charge on any atom is -0.318 e. The van der Waals surface area contributed by atoms with Gasteiger partial charge in [-0.25, -0.2) is 9.97 Å². The van der Waals surface area contributed by atoms with Crippen molar-refractivity contribution in [1.29, 1.82) is 0 Å².